The number of hydrogen-bond donors (Lipinski definition) is 1. The number of amides is 1. The van der Waals surface area contributed by atoms with Crippen molar-refractivity contribution in [1.29, 1.82) is 0 Å². The molecule has 2 aliphatic rings. The maximum atomic E-state index is 13.0. The quantitative estimate of drug-likeness (QED) is 0.875. The molecule has 1 aromatic rings. The number of carbonyl (C=O) groups excluding carboxylic acids is 1. The lowest BCUT2D eigenvalue weighted by molar-refractivity contribution is -0.148. The Morgan fingerprint density at radius 1 is 1.27 bits per heavy atom. The molecule has 1 saturated carbocycles. The molecule has 0 saturated heterocycles. The second kappa shape index (κ2) is 6.33. The van der Waals surface area contributed by atoms with Crippen molar-refractivity contribution in [3.8, 4) is 5.75 Å². The van der Waals surface area contributed by atoms with E-state index in [-0.39, 0.29) is 5.69 Å². The first-order valence-electron chi connectivity index (χ1n) is 8.10. The highest BCUT2D eigenvalue weighted by Crippen LogP contribution is 2.40. The van der Waals surface area contributed by atoms with Gasteiger partial charge in [0.1, 0.15) is 12.1 Å². The van der Waals surface area contributed by atoms with E-state index in [1.54, 1.807) is 0 Å². The van der Waals surface area contributed by atoms with Gasteiger partial charge in [-0.3, -0.25) is 9.59 Å². The van der Waals surface area contributed by atoms with Crippen LogP contribution in [-0.4, -0.2) is 52.3 Å². The summed E-state index contributed by atoms with van der Waals surface area (Å²) in [4.78, 5) is 37.2. The highest BCUT2D eigenvalue weighted by Gasteiger charge is 2.47. The van der Waals surface area contributed by atoms with E-state index in [4.69, 9.17) is 4.74 Å². The number of carboxylic acid groups (broad SMARTS) is 1. The molecule has 142 valence electrons. The van der Waals surface area contributed by atoms with Gasteiger partial charge in [0.15, 0.2) is 11.4 Å². The van der Waals surface area contributed by atoms with Crippen LogP contribution < -0.4 is 10.2 Å². The van der Waals surface area contributed by atoms with Gasteiger partial charge < -0.3 is 19.3 Å². The lowest BCUT2D eigenvalue weighted by Gasteiger charge is -2.46. The Morgan fingerprint density at radius 3 is 2.42 bits per heavy atom. The summed E-state index contributed by atoms with van der Waals surface area (Å²) in [5, 5.41) is 9.24. The Balaban J connectivity index is 2.24. The molecule has 1 fully saturated rings. The van der Waals surface area contributed by atoms with E-state index in [1.807, 2.05) is 0 Å². The number of rotatable bonds is 3. The molecule has 1 aliphatic heterocycles. The predicted octanol–water partition coefficient (Wildman–Crippen LogP) is 2.06. The zero-order valence-electron chi connectivity index (χ0n) is 13.9. The summed E-state index contributed by atoms with van der Waals surface area (Å²) in [5.74, 6) is -3.00. The van der Waals surface area contributed by atoms with Gasteiger partial charge in [0.2, 0.25) is 5.43 Å². The summed E-state index contributed by atoms with van der Waals surface area (Å²) in [6.45, 7) is -1.43. The molecule has 3 rings (SSSR count). The standard InChI is InChI=1S/C16H17F3N2O5/c1-26-13-11-14(23)21(7-16(17,18)19)10-5-3-2-4-9(10)20(11)6-8(12(13)22)15(24)25/h6,9-10H,2-5,7H2,1H3,(H,24,25)/t9-,10-/m1/s1. The van der Waals surface area contributed by atoms with Crippen LogP contribution in [0.25, 0.3) is 0 Å². The number of ether oxygens (including phenoxy) is 1. The van der Waals surface area contributed by atoms with Gasteiger partial charge in [0.05, 0.1) is 19.2 Å². The summed E-state index contributed by atoms with van der Waals surface area (Å²) in [6, 6.07) is -1.24. The molecular weight excluding hydrogens is 357 g/mol. The first-order valence-corrected chi connectivity index (χ1v) is 8.10. The molecule has 2 atom stereocenters. The minimum absolute atomic E-state index is 0.324. The zero-order valence-corrected chi connectivity index (χ0v) is 13.9. The maximum absolute atomic E-state index is 13.0. The van der Waals surface area contributed by atoms with Gasteiger partial charge in [-0.2, -0.15) is 13.2 Å². The van der Waals surface area contributed by atoms with Crippen LogP contribution in [0, 0.1) is 0 Å². The number of aromatic carboxylic acids is 1. The molecule has 0 radical (unpaired) electrons. The number of methoxy groups -OCH3 is 1. The number of fused-ring (bicyclic) bond motifs is 3. The first-order chi connectivity index (χ1) is 12.2. The molecule has 0 spiro atoms. The molecule has 26 heavy (non-hydrogen) atoms. The van der Waals surface area contributed by atoms with Crippen LogP contribution in [-0.2, 0) is 0 Å². The van der Waals surface area contributed by atoms with Crippen molar-refractivity contribution in [2.75, 3.05) is 13.7 Å². The Hall–Kier alpha value is -2.52. The van der Waals surface area contributed by atoms with Crippen molar-refractivity contribution in [2.24, 2.45) is 0 Å². The molecule has 10 heteroatoms. The number of pyridine rings is 1. The van der Waals surface area contributed by atoms with E-state index >= 15 is 0 Å². The highest BCUT2D eigenvalue weighted by molar-refractivity contribution is 5.98. The minimum Gasteiger partial charge on any atom is -0.491 e. The smallest absolute Gasteiger partial charge is 0.406 e. The van der Waals surface area contributed by atoms with Crippen LogP contribution >= 0.6 is 0 Å². The van der Waals surface area contributed by atoms with Crippen LogP contribution in [0.5, 0.6) is 5.75 Å². The summed E-state index contributed by atoms with van der Waals surface area (Å²) >= 11 is 0. The fourth-order valence-electron chi connectivity index (χ4n) is 3.87. The Labute approximate surface area is 146 Å². The topological polar surface area (TPSA) is 88.8 Å². The number of carboxylic acids is 1. The average molecular weight is 374 g/mol. The molecule has 1 aliphatic carbocycles. The van der Waals surface area contributed by atoms with Gasteiger partial charge in [-0.15, -0.1) is 0 Å². The number of carbonyl (C=O) groups is 2. The predicted molar refractivity (Wildman–Crippen MR) is 82.6 cm³/mol. The molecule has 0 unspecified atom stereocenters. The molecule has 2 heterocycles. The number of aromatic nitrogens is 1. The summed E-state index contributed by atoms with van der Waals surface area (Å²) in [6.07, 6.45) is -1.29. The highest BCUT2D eigenvalue weighted by atomic mass is 19.4. The van der Waals surface area contributed by atoms with Crippen molar-refractivity contribution >= 4 is 11.9 Å². The second-order valence-electron chi connectivity index (χ2n) is 6.43. The number of alkyl halides is 3. The molecule has 1 amide bonds. The molecule has 1 N–H and O–H groups in total. The average Bonchev–Trinajstić information content (AvgIpc) is 2.57. The van der Waals surface area contributed by atoms with Crippen LogP contribution in [0.1, 0.15) is 52.6 Å². The third kappa shape index (κ3) is 2.93. The minimum atomic E-state index is -4.59. The van der Waals surface area contributed by atoms with Crippen LogP contribution in [0.2, 0.25) is 0 Å². The van der Waals surface area contributed by atoms with E-state index in [2.05, 4.69) is 0 Å². The molecule has 7 nitrogen and oxygen atoms in total. The Bertz CT molecular complexity index is 817. The second-order valence-corrected chi connectivity index (χ2v) is 6.43. The normalized spacial score (nSPS) is 22.6. The maximum Gasteiger partial charge on any atom is 0.406 e. The number of nitrogens with zero attached hydrogens (tertiary/aromatic N) is 2. The van der Waals surface area contributed by atoms with Crippen LogP contribution in [0.4, 0.5) is 13.2 Å². The van der Waals surface area contributed by atoms with E-state index in [0.717, 1.165) is 24.6 Å². The lowest BCUT2D eigenvalue weighted by Crippen LogP contribution is -2.55. The lowest BCUT2D eigenvalue weighted by atomic mass is 9.86. The van der Waals surface area contributed by atoms with Crippen LogP contribution in [0.3, 0.4) is 0 Å². The van der Waals surface area contributed by atoms with E-state index in [9.17, 15) is 32.7 Å². The Morgan fingerprint density at radius 2 is 1.88 bits per heavy atom. The van der Waals surface area contributed by atoms with Crippen molar-refractivity contribution in [3.05, 3.63) is 27.7 Å². The summed E-state index contributed by atoms with van der Waals surface area (Å²) in [5.41, 5.74) is -1.93. The van der Waals surface area contributed by atoms with Crippen molar-refractivity contribution in [3.63, 3.8) is 0 Å². The van der Waals surface area contributed by atoms with Gasteiger partial charge in [0, 0.05) is 6.20 Å². The van der Waals surface area contributed by atoms with Gasteiger partial charge in [-0.25, -0.2) is 4.79 Å². The third-order valence-corrected chi connectivity index (χ3v) is 4.89. The van der Waals surface area contributed by atoms with E-state index < -0.39 is 53.4 Å². The first kappa shape index (κ1) is 18.3. The SMILES string of the molecule is COc1c2n(cc(C(=O)O)c1=O)[C@@H]1CCCC[C@H]1N(CC(F)(F)F)C2=O. The summed E-state index contributed by atoms with van der Waals surface area (Å²) in [7, 11) is 1.08. The van der Waals surface area contributed by atoms with Crippen molar-refractivity contribution in [1.82, 2.24) is 9.47 Å². The van der Waals surface area contributed by atoms with E-state index in [1.165, 1.54) is 4.57 Å². The van der Waals surface area contributed by atoms with Gasteiger partial charge >= 0.3 is 12.1 Å². The zero-order chi connectivity index (χ0) is 19.2. The van der Waals surface area contributed by atoms with Gasteiger partial charge in [-0.05, 0) is 12.8 Å². The molecule has 0 aromatic carbocycles. The fourth-order valence-corrected chi connectivity index (χ4v) is 3.87. The molecule has 1 aromatic heterocycles. The summed E-state index contributed by atoms with van der Waals surface area (Å²) < 4.78 is 45.3. The molecular formula is C16H17F3N2O5. The monoisotopic (exact) mass is 374 g/mol. The van der Waals surface area contributed by atoms with Gasteiger partial charge in [0.25, 0.3) is 5.91 Å². The number of hydrogen-bond acceptors (Lipinski definition) is 4. The largest absolute Gasteiger partial charge is 0.491 e. The number of halogens is 3. The van der Waals surface area contributed by atoms with Crippen molar-refractivity contribution in [2.45, 2.75) is 43.9 Å². The molecule has 0 bridgehead atoms. The van der Waals surface area contributed by atoms with Crippen molar-refractivity contribution < 1.29 is 32.6 Å². The van der Waals surface area contributed by atoms with Crippen LogP contribution in [0.15, 0.2) is 11.0 Å². The van der Waals surface area contributed by atoms with Gasteiger partial charge in [-0.1, -0.05) is 12.8 Å². The third-order valence-electron chi connectivity index (χ3n) is 4.89. The van der Waals surface area contributed by atoms with E-state index in [0.29, 0.717) is 19.3 Å². The fraction of sp³-hybridized carbons (Fsp3) is 0.562. The Kier molecular flexibility index (Phi) is 4.45.